The predicted octanol–water partition coefficient (Wildman–Crippen LogP) is 3.81. The third kappa shape index (κ3) is 5.02. The molecule has 1 amide bonds. The highest BCUT2D eigenvalue weighted by Gasteiger charge is 2.32. The molecule has 0 bridgehead atoms. The second kappa shape index (κ2) is 9.18. The van der Waals surface area contributed by atoms with E-state index < -0.39 is 10.0 Å². The Morgan fingerprint density at radius 2 is 1.87 bits per heavy atom. The van der Waals surface area contributed by atoms with Gasteiger partial charge in [-0.25, -0.2) is 13.1 Å². The number of hydrogen-bond acceptors (Lipinski definition) is 4. The third-order valence-electron chi connectivity index (χ3n) is 6.23. The molecular formula is C23H28N2O4S. The lowest BCUT2D eigenvalue weighted by Gasteiger charge is -2.41. The molecule has 6 nitrogen and oxygen atoms in total. The highest BCUT2D eigenvalue weighted by molar-refractivity contribution is 7.89. The molecule has 1 aliphatic carbocycles. The number of amides is 1. The van der Waals surface area contributed by atoms with Crippen LogP contribution in [0.1, 0.15) is 43.4 Å². The zero-order valence-corrected chi connectivity index (χ0v) is 17.8. The lowest BCUT2D eigenvalue weighted by atomic mass is 9.75. The summed E-state index contributed by atoms with van der Waals surface area (Å²) in [5.41, 5.74) is 0.792. The summed E-state index contributed by atoms with van der Waals surface area (Å²) in [5.74, 6) is 2.04. The zero-order chi connectivity index (χ0) is 21.0. The van der Waals surface area contributed by atoms with Crippen molar-refractivity contribution < 1.29 is 17.6 Å². The number of carbonyl (C=O) groups is 1. The molecule has 2 aromatic rings. The summed E-state index contributed by atoms with van der Waals surface area (Å²) in [6.07, 6.45) is 11.1. The van der Waals surface area contributed by atoms with Crippen LogP contribution in [-0.2, 0) is 21.4 Å². The summed E-state index contributed by atoms with van der Waals surface area (Å²) in [6, 6.07) is 9.93. The van der Waals surface area contributed by atoms with Crippen LogP contribution in [0.15, 0.2) is 58.1 Å². The van der Waals surface area contributed by atoms with Gasteiger partial charge in [0.25, 0.3) is 0 Å². The Morgan fingerprint density at radius 1 is 1.10 bits per heavy atom. The normalized spacial score (nSPS) is 22.2. The molecule has 30 heavy (non-hydrogen) atoms. The number of carbonyl (C=O) groups excluding carboxylic acids is 1. The van der Waals surface area contributed by atoms with Crippen LogP contribution in [0.25, 0.3) is 6.08 Å². The summed E-state index contributed by atoms with van der Waals surface area (Å²) in [4.78, 5) is 14.7. The minimum atomic E-state index is -3.62. The van der Waals surface area contributed by atoms with Gasteiger partial charge in [-0.2, -0.15) is 0 Å². The quantitative estimate of drug-likeness (QED) is 0.710. The molecule has 2 aliphatic rings. The Balaban J connectivity index is 1.33. The van der Waals surface area contributed by atoms with Gasteiger partial charge in [0.05, 0.1) is 17.7 Å². The van der Waals surface area contributed by atoms with Gasteiger partial charge in [0.1, 0.15) is 5.76 Å². The number of sulfonamides is 1. The molecule has 0 radical (unpaired) electrons. The Labute approximate surface area is 178 Å². The van der Waals surface area contributed by atoms with E-state index in [0.29, 0.717) is 11.7 Å². The van der Waals surface area contributed by atoms with Crippen LogP contribution >= 0.6 is 0 Å². The molecule has 1 aromatic heterocycles. The predicted molar refractivity (Wildman–Crippen MR) is 115 cm³/mol. The van der Waals surface area contributed by atoms with Crippen LogP contribution < -0.4 is 4.72 Å². The summed E-state index contributed by atoms with van der Waals surface area (Å²) >= 11 is 0. The van der Waals surface area contributed by atoms with E-state index in [0.717, 1.165) is 31.0 Å². The van der Waals surface area contributed by atoms with Crippen LogP contribution in [0.5, 0.6) is 0 Å². The van der Waals surface area contributed by atoms with Crippen molar-refractivity contribution in [2.75, 3.05) is 13.1 Å². The molecule has 7 heteroatoms. The minimum absolute atomic E-state index is 0.0378. The van der Waals surface area contributed by atoms with Crippen LogP contribution in [0.4, 0.5) is 0 Å². The van der Waals surface area contributed by atoms with E-state index in [1.54, 1.807) is 48.6 Å². The van der Waals surface area contributed by atoms with Gasteiger partial charge in [-0.3, -0.25) is 4.79 Å². The monoisotopic (exact) mass is 428 g/mol. The average molecular weight is 429 g/mol. The summed E-state index contributed by atoms with van der Waals surface area (Å²) in [7, 11) is -3.62. The van der Waals surface area contributed by atoms with Gasteiger partial charge < -0.3 is 9.32 Å². The lowest BCUT2D eigenvalue weighted by Crippen LogP contribution is -2.44. The molecule has 2 heterocycles. The molecule has 0 spiro atoms. The fourth-order valence-electron chi connectivity index (χ4n) is 4.49. The Hall–Kier alpha value is -2.38. The van der Waals surface area contributed by atoms with E-state index in [9.17, 15) is 13.2 Å². The van der Waals surface area contributed by atoms with Gasteiger partial charge in [0, 0.05) is 19.2 Å². The molecule has 160 valence electrons. The van der Waals surface area contributed by atoms with E-state index in [1.165, 1.54) is 31.9 Å². The van der Waals surface area contributed by atoms with Crippen molar-refractivity contribution >= 4 is 22.0 Å². The molecule has 1 saturated heterocycles. The topological polar surface area (TPSA) is 79.6 Å². The SMILES string of the molecule is O=C(/C=C/c1ccc(S(=O)(=O)NCc2ccco2)cc1)N1CCC2CCCCC2C1. The molecule has 1 saturated carbocycles. The number of likely N-dealkylation sites (tertiary alicyclic amines) is 1. The molecule has 1 aromatic carbocycles. The fraction of sp³-hybridized carbons (Fsp3) is 0.435. The van der Waals surface area contributed by atoms with Crippen LogP contribution in [0, 0.1) is 11.8 Å². The number of nitrogens with zero attached hydrogens (tertiary/aromatic N) is 1. The standard InChI is InChI=1S/C23H28N2O4S/c26-23(25-14-13-19-4-1-2-5-20(19)17-25)12-9-18-7-10-22(11-8-18)30(27,28)24-16-21-6-3-15-29-21/h3,6-12,15,19-20,24H,1-2,4-5,13-14,16-17H2/b12-9+. The Bertz CT molecular complexity index is 981. The van der Waals surface area contributed by atoms with Crippen molar-refractivity contribution in [2.24, 2.45) is 11.8 Å². The van der Waals surface area contributed by atoms with Crippen molar-refractivity contribution in [2.45, 2.75) is 43.5 Å². The first kappa shape index (κ1) is 20.9. The number of fused-ring (bicyclic) bond motifs is 1. The van der Waals surface area contributed by atoms with Crippen molar-refractivity contribution in [3.05, 3.63) is 60.1 Å². The van der Waals surface area contributed by atoms with Crippen LogP contribution in [-0.4, -0.2) is 32.3 Å². The molecule has 2 unspecified atom stereocenters. The zero-order valence-electron chi connectivity index (χ0n) is 17.0. The fourth-order valence-corrected chi connectivity index (χ4v) is 5.49. The maximum atomic E-state index is 12.6. The maximum Gasteiger partial charge on any atom is 0.246 e. The van der Waals surface area contributed by atoms with Crippen molar-refractivity contribution in [1.29, 1.82) is 0 Å². The van der Waals surface area contributed by atoms with E-state index in [1.807, 2.05) is 4.90 Å². The molecular weight excluding hydrogens is 400 g/mol. The first-order valence-electron chi connectivity index (χ1n) is 10.6. The van der Waals surface area contributed by atoms with Gasteiger partial charge in [0.2, 0.25) is 15.9 Å². The number of furan rings is 1. The van der Waals surface area contributed by atoms with Gasteiger partial charge >= 0.3 is 0 Å². The van der Waals surface area contributed by atoms with Crippen LogP contribution in [0.2, 0.25) is 0 Å². The molecule has 1 aliphatic heterocycles. The van der Waals surface area contributed by atoms with Crippen molar-refractivity contribution in [3.8, 4) is 0 Å². The Kier molecular flexibility index (Phi) is 6.39. The van der Waals surface area contributed by atoms with Crippen LogP contribution in [0.3, 0.4) is 0 Å². The number of nitrogens with one attached hydrogen (secondary N) is 1. The first-order valence-corrected chi connectivity index (χ1v) is 12.1. The maximum absolute atomic E-state index is 12.6. The van der Waals surface area contributed by atoms with Gasteiger partial charge in [-0.1, -0.05) is 31.4 Å². The highest BCUT2D eigenvalue weighted by atomic mass is 32.2. The minimum Gasteiger partial charge on any atom is -0.468 e. The number of rotatable bonds is 6. The summed E-state index contributed by atoms with van der Waals surface area (Å²) in [5, 5.41) is 0. The number of hydrogen-bond donors (Lipinski definition) is 1. The average Bonchev–Trinajstić information content (AvgIpc) is 3.30. The number of benzene rings is 1. The smallest absolute Gasteiger partial charge is 0.246 e. The molecule has 4 rings (SSSR count). The van der Waals surface area contributed by atoms with Crippen molar-refractivity contribution in [3.63, 3.8) is 0 Å². The molecule has 1 N–H and O–H groups in total. The van der Waals surface area contributed by atoms with E-state index >= 15 is 0 Å². The Morgan fingerprint density at radius 3 is 2.60 bits per heavy atom. The third-order valence-corrected chi connectivity index (χ3v) is 7.65. The van der Waals surface area contributed by atoms with E-state index in [4.69, 9.17) is 4.42 Å². The largest absolute Gasteiger partial charge is 0.468 e. The van der Waals surface area contributed by atoms with Gasteiger partial charge in [0.15, 0.2) is 0 Å². The number of piperidine rings is 1. The second-order valence-corrected chi connectivity index (χ2v) is 9.95. The molecule has 2 fully saturated rings. The second-order valence-electron chi connectivity index (χ2n) is 8.18. The van der Waals surface area contributed by atoms with Crippen molar-refractivity contribution in [1.82, 2.24) is 9.62 Å². The van der Waals surface area contributed by atoms with E-state index in [2.05, 4.69) is 4.72 Å². The van der Waals surface area contributed by atoms with Gasteiger partial charge in [-0.05, 0) is 60.6 Å². The summed E-state index contributed by atoms with van der Waals surface area (Å²) in [6.45, 7) is 1.80. The molecule has 2 atom stereocenters. The van der Waals surface area contributed by atoms with Gasteiger partial charge in [-0.15, -0.1) is 0 Å². The summed E-state index contributed by atoms with van der Waals surface area (Å²) < 4.78 is 32.4. The van der Waals surface area contributed by atoms with E-state index in [-0.39, 0.29) is 17.3 Å². The lowest BCUT2D eigenvalue weighted by molar-refractivity contribution is -0.128. The highest BCUT2D eigenvalue weighted by Crippen LogP contribution is 2.36. The first-order chi connectivity index (χ1) is 14.5.